The van der Waals surface area contributed by atoms with Gasteiger partial charge in [-0.1, -0.05) is 12.1 Å². The molecule has 0 unspecified atom stereocenters. The highest BCUT2D eigenvalue weighted by Gasteiger charge is 2.27. The van der Waals surface area contributed by atoms with Crippen LogP contribution in [0.2, 0.25) is 0 Å². The highest BCUT2D eigenvalue weighted by Crippen LogP contribution is 2.28. The van der Waals surface area contributed by atoms with Gasteiger partial charge in [0.15, 0.2) is 0 Å². The Balaban J connectivity index is 2.12. The minimum Gasteiger partial charge on any atom is -0.494 e. The van der Waals surface area contributed by atoms with Crippen LogP contribution in [0.25, 0.3) is 0 Å². The van der Waals surface area contributed by atoms with E-state index in [1.807, 2.05) is 19.1 Å². The van der Waals surface area contributed by atoms with Crippen molar-refractivity contribution in [2.75, 3.05) is 19.7 Å². The second kappa shape index (κ2) is 5.00. The molecule has 1 aliphatic heterocycles. The maximum atomic E-state index is 9.02. The Hall–Kier alpha value is -1.53. The molecule has 3 nitrogen and oxygen atoms in total. The molecule has 0 aromatic heterocycles. The largest absolute Gasteiger partial charge is 0.494 e. The van der Waals surface area contributed by atoms with Gasteiger partial charge >= 0.3 is 0 Å². The molecule has 2 atom stereocenters. The monoisotopic (exact) mass is 216 g/mol. The summed E-state index contributed by atoms with van der Waals surface area (Å²) in [5.41, 5.74) is 1.22. The maximum absolute atomic E-state index is 9.02. The molecule has 84 valence electrons. The minimum atomic E-state index is 0.0953. The van der Waals surface area contributed by atoms with E-state index in [-0.39, 0.29) is 5.92 Å². The van der Waals surface area contributed by atoms with E-state index in [1.165, 1.54) is 5.56 Å². The lowest BCUT2D eigenvalue weighted by Crippen LogP contribution is -2.08. The van der Waals surface area contributed by atoms with Crippen molar-refractivity contribution in [2.24, 2.45) is 5.92 Å². The number of ether oxygens (including phenoxy) is 1. The fourth-order valence-electron chi connectivity index (χ4n) is 2.14. The van der Waals surface area contributed by atoms with Crippen molar-refractivity contribution in [3.63, 3.8) is 0 Å². The van der Waals surface area contributed by atoms with Gasteiger partial charge in [-0.15, -0.1) is 0 Å². The molecule has 1 heterocycles. The van der Waals surface area contributed by atoms with Crippen LogP contribution in [0.1, 0.15) is 18.4 Å². The summed E-state index contributed by atoms with van der Waals surface area (Å²) < 4.78 is 5.40. The molecular weight excluding hydrogens is 200 g/mol. The molecule has 1 saturated heterocycles. The number of hydrogen-bond acceptors (Lipinski definition) is 3. The van der Waals surface area contributed by atoms with Gasteiger partial charge in [-0.3, -0.25) is 0 Å². The normalized spacial score (nSPS) is 24.0. The quantitative estimate of drug-likeness (QED) is 0.839. The predicted molar refractivity (Wildman–Crippen MR) is 62.3 cm³/mol. The highest BCUT2D eigenvalue weighted by atomic mass is 16.5. The van der Waals surface area contributed by atoms with Gasteiger partial charge in [0.1, 0.15) is 5.75 Å². The van der Waals surface area contributed by atoms with Crippen molar-refractivity contribution >= 4 is 0 Å². The molecule has 0 saturated carbocycles. The molecule has 1 aliphatic rings. The zero-order chi connectivity index (χ0) is 11.4. The number of hydrogen-bond donors (Lipinski definition) is 1. The molecule has 1 N–H and O–H groups in total. The minimum absolute atomic E-state index is 0.0953. The van der Waals surface area contributed by atoms with E-state index >= 15 is 0 Å². The van der Waals surface area contributed by atoms with Crippen LogP contribution in [0.5, 0.6) is 5.75 Å². The average molecular weight is 216 g/mol. The Morgan fingerprint density at radius 2 is 2.12 bits per heavy atom. The van der Waals surface area contributed by atoms with Crippen molar-refractivity contribution < 1.29 is 4.74 Å². The third-order valence-electron chi connectivity index (χ3n) is 3.00. The fourth-order valence-corrected chi connectivity index (χ4v) is 2.14. The smallest absolute Gasteiger partial charge is 0.119 e. The SMILES string of the molecule is CCOc1ccc([C@H]2CNC[C@H]2C#N)cc1. The van der Waals surface area contributed by atoms with Gasteiger partial charge in [0.2, 0.25) is 0 Å². The topological polar surface area (TPSA) is 45.0 Å². The van der Waals surface area contributed by atoms with Crippen LogP contribution in [-0.2, 0) is 0 Å². The van der Waals surface area contributed by atoms with Crippen LogP contribution in [0.4, 0.5) is 0 Å². The van der Waals surface area contributed by atoms with Crippen LogP contribution in [0, 0.1) is 17.2 Å². The van der Waals surface area contributed by atoms with Crippen molar-refractivity contribution in [1.82, 2.24) is 5.32 Å². The average Bonchev–Trinajstić information content (AvgIpc) is 2.78. The Kier molecular flexibility index (Phi) is 3.43. The summed E-state index contributed by atoms with van der Waals surface area (Å²) in [6.07, 6.45) is 0. The van der Waals surface area contributed by atoms with E-state index in [0.717, 1.165) is 18.8 Å². The number of nitriles is 1. The Morgan fingerprint density at radius 1 is 1.38 bits per heavy atom. The lowest BCUT2D eigenvalue weighted by molar-refractivity contribution is 0.340. The zero-order valence-electron chi connectivity index (χ0n) is 9.44. The van der Waals surface area contributed by atoms with E-state index in [9.17, 15) is 0 Å². The first-order chi connectivity index (χ1) is 7.85. The van der Waals surface area contributed by atoms with Crippen LogP contribution in [-0.4, -0.2) is 19.7 Å². The van der Waals surface area contributed by atoms with E-state index in [0.29, 0.717) is 12.5 Å². The Bertz CT molecular complexity index is 380. The van der Waals surface area contributed by atoms with Crippen molar-refractivity contribution in [3.8, 4) is 11.8 Å². The van der Waals surface area contributed by atoms with Crippen LogP contribution in [0.3, 0.4) is 0 Å². The highest BCUT2D eigenvalue weighted by molar-refractivity contribution is 5.31. The standard InChI is InChI=1S/C13H16N2O/c1-2-16-12-5-3-10(4-6-12)13-9-15-8-11(13)7-14/h3-6,11,13,15H,2,8-9H2,1H3/t11-,13-/m1/s1. The summed E-state index contributed by atoms with van der Waals surface area (Å²) in [4.78, 5) is 0. The lowest BCUT2D eigenvalue weighted by Gasteiger charge is -2.13. The second-order valence-electron chi connectivity index (χ2n) is 4.00. The summed E-state index contributed by atoms with van der Waals surface area (Å²) >= 11 is 0. The van der Waals surface area contributed by atoms with Crippen molar-refractivity contribution in [3.05, 3.63) is 29.8 Å². The lowest BCUT2D eigenvalue weighted by atomic mass is 9.90. The summed E-state index contributed by atoms with van der Waals surface area (Å²) in [6, 6.07) is 10.4. The maximum Gasteiger partial charge on any atom is 0.119 e. The number of rotatable bonds is 3. The first-order valence-corrected chi connectivity index (χ1v) is 5.68. The summed E-state index contributed by atoms with van der Waals surface area (Å²) in [5.74, 6) is 1.31. The summed E-state index contributed by atoms with van der Waals surface area (Å²) in [7, 11) is 0. The van der Waals surface area contributed by atoms with Crippen LogP contribution >= 0.6 is 0 Å². The number of nitrogens with zero attached hydrogens (tertiary/aromatic N) is 1. The third-order valence-corrected chi connectivity index (χ3v) is 3.00. The Labute approximate surface area is 96.0 Å². The molecule has 0 bridgehead atoms. The molecule has 0 aliphatic carbocycles. The van der Waals surface area contributed by atoms with E-state index in [4.69, 9.17) is 10.00 Å². The summed E-state index contributed by atoms with van der Waals surface area (Å²) in [6.45, 7) is 4.35. The zero-order valence-corrected chi connectivity index (χ0v) is 9.44. The van der Waals surface area contributed by atoms with E-state index in [2.05, 4.69) is 23.5 Å². The number of nitrogens with one attached hydrogen (secondary N) is 1. The van der Waals surface area contributed by atoms with E-state index in [1.54, 1.807) is 0 Å². The van der Waals surface area contributed by atoms with E-state index < -0.39 is 0 Å². The molecule has 1 fully saturated rings. The van der Waals surface area contributed by atoms with Gasteiger partial charge in [-0.05, 0) is 24.6 Å². The predicted octanol–water partition coefficient (Wildman–Crippen LogP) is 1.91. The molecule has 3 heteroatoms. The van der Waals surface area contributed by atoms with Gasteiger partial charge in [0.05, 0.1) is 18.6 Å². The van der Waals surface area contributed by atoms with Crippen LogP contribution < -0.4 is 10.1 Å². The van der Waals surface area contributed by atoms with Crippen molar-refractivity contribution in [1.29, 1.82) is 5.26 Å². The van der Waals surface area contributed by atoms with Gasteiger partial charge in [-0.25, -0.2) is 0 Å². The van der Waals surface area contributed by atoms with Gasteiger partial charge in [-0.2, -0.15) is 5.26 Å². The molecule has 0 radical (unpaired) electrons. The molecule has 0 spiro atoms. The van der Waals surface area contributed by atoms with Gasteiger partial charge in [0.25, 0.3) is 0 Å². The molecule has 2 rings (SSSR count). The van der Waals surface area contributed by atoms with Crippen LogP contribution in [0.15, 0.2) is 24.3 Å². The molecule has 16 heavy (non-hydrogen) atoms. The Morgan fingerprint density at radius 3 is 2.75 bits per heavy atom. The first-order valence-electron chi connectivity index (χ1n) is 5.68. The molecular formula is C13H16N2O. The molecule has 1 aromatic carbocycles. The molecule has 1 aromatic rings. The summed E-state index contributed by atoms with van der Waals surface area (Å²) in [5, 5.41) is 12.3. The van der Waals surface area contributed by atoms with Gasteiger partial charge in [0, 0.05) is 19.0 Å². The fraction of sp³-hybridized carbons (Fsp3) is 0.462. The third kappa shape index (κ3) is 2.17. The number of benzene rings is 1. The first kappa shape index (κ1) is 11.0. The van der Waals surface area contributed by atoms with Gasteiger partial charge < -0.3 is 10.1 Å². The second-order valence-corrected chi connectivity index (χ2v) is 4.00. The van der Waals surface area contributed by atoms with Crippen molar-refractivity contribution in [2.45, 2.75) is 12.8 Å². The molecule has 0 amide bonds.